The topological polar surface area (TPSA) is 24.4 Å². The molecule has 0 amide bonds. The number of thioether (sulfide) groups is 1. The highest BCUT2D eigenvalue weighted by Gasteiger charge is 2.13. The Bertz CT molecular complexity index is 348. The molecule has 4 heteroatoms. The van der Waals surface area contributed by atoms with Gasteiger partial charge in [0.15, 0.2) is 5.17 Å². The molecule has 1 atom stereocenters. The predicted octanol–water partition coefficient (Wildman–Crippen LogP) is 3.19. The van der Waals surface area contributed by atoms with Crippen LogP contribution < -0.4 is 5.32 Å². The second kappa shape index (κ2) is 4.53. The molecule has 0 saturated heterocycles. The molecule has 0 aliphatic carbocycles. The fourth-order valence-corrected chi connectivity index (χ4v) is 2.48. The Hall–Kier alpha value is -0.230. The van der Waals surface area contributed by atoms with E-state index in [9.17, 15) is 0 Å². The Morgan fingerprint density at radius 3 is 2.71 bits per heavy atom. The Labute approximate surface area is 102 Å². The third kappa shape index (κ3) is 2.63. The lowest BCUT2D eigenvalue weighted by Crippen LogP contribution is -2.04. The van der Waals surface area contributed by atoms with Crippen molar-refractivity contribution in [3.8, 4) is 0 Å². The Morgan fingerprint density at radius 2 is 2.14 bits per heavy atom. The molecule has 2 nitrogen and oxygen atoms in total. The van der Waals surface area contributed by atoms with E-state index in [1.165, 1.54) is 3.57 Å². The summed E-state index contributed by atoms with van der Waals surface area (Å²) in [4.78, 5) is 4.47. The zero-order valence-corrected chi connectivity index (χ0v) is 10.8. The maximum Gasteiger partial charge on any atom is 0.161 e. The van der Waals surface area contributed by atoms with E-state index in [0.29, 0.717) is 6.04 Å². The lowest BCUT2D eigenvalue weighted by Gasteiger charge is -2.04. The van der Waals surface area contributed by atoms with Crippen LogP contribution in [0.25, 0.3) is 0 Å². The minimum Gasteiger partial charge on any atom is -0.335 e. The molecule has 2 rings (SSSR count). The summed E-state index contributed by atoms with van der Waals surface area (Å²) in [5, 5.41) is 4.35. The van der Waals surface area contributed by atoms with Crippen molar-refractivity contribution in [1.82, 2.24) is 0 Å². The predicted molar refractivity (Wildman–Crippen MR) is 72.1 cm³/mol. The summed E-state index contributed by atoms with van der Waals surface area (Å²) in [6.45, 7) is 2.13. The van der Waals surface area contributed by atoms with Crippen molar-refractivity contribution < 1.29 is 0 Å². The number of nitrogens with one attached hydrogen (secondary N) is 1. The second-order valence-electron chi connectivity index (χ2n) is 3.23. The Balaban J connectivity index is 2.04. The Morgan fingerprint density at radius 1 is 1.43 bits per heavy atom. The smallest absolute Gasteiger partial charge is 0.161 e. The van der Waals surface area contributed by atoms with Gasteiger partial charge in [0.05, 0.1) is 6.04 Å². The van der Waals surface area contributed by atoms with Crippen LogP contribution in [-0.2, 0) is 0 Å². The van der Waals surface area contributed by atoms with Gasteiger partial charge >= 0.3 is 0 Å². The van der Waals surface area contributed by atoms with Gasteiger partial charge in [0.25, 0.3) is 0 Å². The quantitative estimate of drug-likeness (QED) is 0.804. The van der Waals surface area contributed by atoms with Crippen molar-refractivity contribution in [3.63, 3.8) is 0 Å². The van der Waals surface area contributed by atoms with E-state index in [1.54, 1.807) is 11.8 Å². The van der Waals surface area contributed by atoms with Crippen LogP contribution in [0.4, 0.5) is 5.69 Å². The second-order valence-corrected chi connectivity index (χ2v) is 5.48. The molecule has 0 fully saturated rings. The standard InChI is InChI=1S/C10H11IN2S/c1-7-6-14-10(12-7)13-9-4-2-8(11)3-5-9/h2-5,7H,6H2,1H3,(H,12,13). The third-order valence-electron chi connectivity index (χ3n) is 1.89. The number of anilines is 1. The number of aliphatic imine (C=N–C) groups is 1. The van der Waals surface area contributed by atoms with Crippen molar-refractivity contribution in [3.05, 3.63) is 27.8 Å². The normalized spacial score (nSPS) is 20.7. The van der Waals surface area contributed by atoms with Crippen LogP contribution in [0.15, 0.2) is 29.3 Å². The van der Waals surface area contributed by atoms with Gasteiger partial charge in [-0.15, -0.1) is 0 Å². The van der Waals surface area contributed by atoms with Gasteiger partial charge in [-0.05, 0) is 53.8 Å². The fraction of sp³-hybridized carbons (Fsp3) is 0.300. The largest absolute Gasteiger partial charge is 0.335 e. The number of hydrogen-bond donors (Lipinski definition) is 1. The molecule has 0 spiro atoms. The van der Waals surface area contributed by atoms with E-state index in [-0.39, 0.29) is 0 Å². The van der Waals surface area contributed by atoms with Crippen molar-refractivity contribution in [2.24, 2.45) is 4.99 Å². The average Bonchev–Trinajstić information content (AvgIpc) is 2.56. The summed E-state index contributed by atoms with van der Waals surface area (Å²) in [6.07, 6.45) is 0. The molecule has 0 saturated carbocycles. The summed E-state index contributed by atoms with van der Waals surface area (Å²) in [5.41, 5.74) is 1.12. The van der Waals surface area contributed by atoms with Gasteiger partial charge in [-0.3, -0.25) is 4.99 Å². The van der Waals surface area contributed by atoms with Gasteiger partial charge in [0.2, 0.25) is 0 Å². The lowest BCUT2D eigenvalue weighted by molar-refractivity contribution is 0.865. The monoisotopic (exact) mass is 318 g/mol. The van der Waals surface area contributed by atoms with Crippen LogP contribution in [0.2, 0.25) is 0 Å². The number of hydrogen-bond acceptors (Lipinski definition) is 3. The number of halogens is 1. The molecule has 0 radical (unpaired) electrons. The maximum absolute atomic E-state index is 4.47. The molecule has 1 aliphatic heterocycles. The average molecular weight is 318 g/mol. The minimum absolute atomic E-state index is 0.450. The SMILES string of the molecule is CC1CSC(Nc2ccc(I)cc2)=N1. The van der Waals surface area contributed by atoms with E-state index in [4.69, 9.17) is 0 Å². The highest BCUT2D eigenvalue weighted by molar-refractivity contribution is 14.1. The van der Waals surface area contributed by atoms with Crippen molar-refractivity contribution in [1.29, 1.82) is 0 Å². The number of amidine groups is 1. The zero-order valence-electron chi connectivity index (χ0n) is 7.83. The molecule has 14 heavy (non-hydrogen) atoms. The van der Waals surface area contributed by atoms with Gasteiger partial charge in [0, 0.05) is 15.0 Å². The molecule has 1 unspecified atom stereocenters. The van der Waals surface area contributed by atoms with Crippen molar-refractivity contribution in [2.75, 3.05) is 11.1 Å². The van der Waals surface area contributed by atoms with Crippen LogP contribution in [-0.4, -0.2) is 17.0 Å². The van der Waals surface area contributed by atoms with E-state index in [0.717, 1.165) is 16.6 Å². The van der Waals surface area contributed by atoms with Crippen molar-refractivity contribution >= 4 is 45.2 Å². The molecule has 1 aromatic carbocycles. The summed E-state index contributed by atoms with van der Waals surface area (Å²) in [6, 6.07) is 8.78. The van der Waals surface area contributed by atoms with E-state index in [2.05, 4.69) is 64.1 Å². The van der Waals surface area contributed by atoms with E-state index in [1.807, 2.05) is 0 Å². The van der Waals surface area contributed by atoms with Crippen LogP contribution in [0.1, 0.15) is 6.92 Å². The maximum atomic E-state index is 4.47. The Kier molecular flexibility index (Phi) is 3.33. The zero-order chi connectivity index (χ0) is 9.97. The lowest BCUT2D eigenvalue weighted by atomic mass is 10.3. The number of rotatable bonds is 1. The molecular formula is C10H11IN2S. The summed E-state index contributed by atoms with van der Waals surface area (Å²) in [5.74, 6) is 1.09. The minimum atomic E-state index is 0.450. The van der Waals surface area contributed by atoms with Crippen LogP contribution in [0.5, 0.6) is 0 Å². The van der Waals surface area contributed by atoms with Gasteiger partial charge in [-0.1, -0.05) is 11.8 Å². The number of nitrogens with zero attached hydrogens (tertiary/aromatic N) is 1. The first-order valence-corrected chi connectivity index (χ1v) is 6.53. The first-order chi connectivity index (χ1) is 6.74. The molecule has 74 valence electrons. The van der Waals surface area contributed by atoms with Gasteiger partial charge in [-0.2, -0.15) is 0 Å². The molecule has 0 aromatic heterocycles. The molecule has 1 aliphatic rings. The van der Waals surface area contributed by atoms with Gasteiger partial charge in [-0.25, -0.2) is 0 Å². The highest BCUT2D eigenvalue weighted by atomic mass is 127. The molecule has 1 aromatic rings. The van der Waals surface area contributed by atoms with Gasteiger partial charge < -0.3 is 5.32 Å². The molecule has 1 N–H and O–H groups in total. The summed E-state index contributed by atoms with van der Waals surface area (Å²) >= 11 is 4.09. The van der Waals surface area contributed by atoms with Crippen LogP contribution in [0, 0.1) is 3.57 Å². The number of benzene rings is 1. The van der Waals surface area contributed by atoms with Crippen molar-refractivity contribution in [2.45, 2.75) is 13.0 Å². The van der Waals surface area contributed by atoms with Crippen LogP contribution >= 0.6 is 34.4 Å². The van der Waals surface area contributed by atoms with Gasteiger partial charge in [0.1, 0.15) is 0 Å². The first kappa shape index (κ1) is 10.3. The first-order valence-electron chi connectivity index (χ1n) is 4.47. The highest BCUT2D eigenvalue weighted by Crippen LogP contribution is 2.20. The molecule has 0 bridgehead atoms. The summed E-state index contributed by atoms with van der Waals surface area (Å²) in [7, 11) is 0. The van der Waals surface area contributed by atoms with E-state index < -0.39 is 0 Å². The summed E-state index contributed by atoms with van der Waals surface area (Å²) < 4.78 is 1.25. The fourth-order valence-electron chi connectivity index (χ4n) is 1.20. The van der Waals surface area contributed by atoms with Crippen LogP contribution in [0.3, 0.4) is 0 Å². The van der Waals surface area contributed by atoms with E-state index >= 15 is 0 Å². The third-order valence-corrected chi connectivity index (χ3v) is 3.74. The molecule has 1 heterocycles. The molecular weight excluding hydrogens is 307 g/mol.